The Morgan fingerprint density at radius 3 is 2.73 bits per heavy atom. The topological polar surface area (TPSA) is 101 Å². The zero-order chi connectivity index (χ0) is 23.2. The Kier molecular flexibility index (Phi) is 7.04. The summed E-state index contributed by atoms with van der Waals surface area (Å²) in [5.41, 5.74) is 2.89. The van der Waals surface area contributed by atoms with Crippen LogP contribution in [0.25, 0.3) is 11.4 Å². The molecule has 0 unspecified atom stereocenters. The maximum Gasteiger partial charge on any atom is 0.204 e. The molecule has 7 nitrogen and oxygen atoms in total. The summed E-state index contributed by atoms with van der Waals surface area (Å²) in [6, 6.07) is 19.4. The number of hydrogen-bond acceptors (Lipinski definition) is 7. The van der Waals surface area contributed by atoms with Crippen LogP contribution in [0.5, 0.6) is 11.5 Å². The number of hydrogen-bond donors (Lipinski definition) is 2. The van der Waals surface area contributed by atoms with Gasteiger partial charge >= 0.3 is 0 Å². The lowest BCUT2D eigenvalue weighted by Gasteiger charge is -2.16. The molecule has 0 fully saturated rings. The van der Waals surface area contributed by atoms with Crippen LogP contribution in [0.15, 0.2) is 70.5 Å². The zero-order valence-corrected chi connectivity index (χ0v) is 19.2. The van der Waals surface area contributed by atoms with Crippen molar-refractivity contribution in [3.8, 4) is 22.9 Å². The van der Waals surface area contributed by atoms with Gasteiger partial charge in [-0.25, -0.2) is 0 Å². The molecular weight excluding hydrogens is 436 g/mol. The Morgan fingerprint density at radius 1 is 1.12 bits per heavy atom. The summed E-state index contributed by atoms with van der Waals surface area (Å²) in [5.74, 6) is 0.994. The number of ether oxygens (including phenoxy) is 1. The first kappa shape index (κ1) is 22.5. The van der Waals surface area contributed by atoms with E-state index in [1.54, 1.807) is 23.9 Å². The van der Waals surface area contributed by atoms with Crippen LogP contribution in [-0.4, -0.2) is 31.5 Å². The van der Waals surface area contributed by atoms with Gasteiger partial charge in [0.25, 0.3) is 0 Å². The summed E-state index contributed by atoms with van der Waals surface area (Å²) in [4.78, 5) is 13.9. The minimum absolute atomic E-state index is 0.0165. The van der Waals surface area contributed by atoms with Crippen molar-refractivity contribution in [1.29, 1.82) is 0 Å². The van der Waals surface area contributed by atoms with E-state index >= 15 is 0 Å². The minimum atomic E-state index is -0.166. The molecule has 0 radical (unpaired) electrons. The predicted octanol–water partition coefficient (Wildman–Crippen LogP) is 5.46. The number of H-pyrrole nitrogens is 1. The van der Waals surface area contributed by atoms with Crippen LogP contribution in [0.2, 0.25) is 0 Å². The Balaban J connectivity index is 1.55. The highest BCUT2D eigenvalue weighted by Crippen LogP contribution is 2.35. The first-order valence-corrected chi connectivity index (χ1v) is 11.5. The molecule has 0 aliphatic carbocycles. The van der Waals surface area contributed by atoms with Gasteiger partial charge in [0, 0.05) is 26.5 Å². The number of phenols is 1. The van der Waals surface area contributed by atoms with Crippen molar-refractivity contribution in [3.05, 3.63) is 77.4 Å². The number of carbonyl (C=O) groups excluding carboxylic acids is 1. The van der Waals surface area contributed by atoms with Gasteiger partial charge in [-0.05, 0) is 48.9 Å². The summed E-state index contributed by atoms with van der Waals surface area (Å²) in [6.45, 7) is 3.81. The Hall–Kier alpha value is -3.65. The first-order valence-electron chi connectivity index (χ1n) is 10.6. The molecular formula is C25H24N4O3S. The summed E-state index contributed by atoms with van der Waals surface area (Å²) < 4.78 is 6.14. The predicted molar refractivity (Wildman–Crippen MR) is 127 cm³/mol. The lowest BCUT2D eigenvalue weighted by molar-refractivity contribution is 0.101. The largest absolute Gasteiger partial charge is 0.507 e. The Labute approximate surface area is 196 Å². The van der Waals surface area contributed by atoms with E-state index in [0.717, 1.165) is 27.3 Å². The quantitative estimate of drug-likeness (QED) is 0.320. The number of Topliss-reactive ketones (excluding diaryl/α,β-unsaturated/α-hetero) is 1. The van der Waals surface area contributed by atoms with E-state index in [9.17, 15) is 9.90 Å². The molecule has 33 heavy (non-hydrogen) atoms. The highest BCUT2D eigenvalue weighted by atomic mass is 32.2. The number of phenolic OH excluding ortho intramolecular Hbond substituents is 1. The molecule has 0 aliphatic heterocycles. The number of aromatic hydroxyl groups is 1. The molecule has 0 bridgehead atoms. The SMILES string of the molecule is CCCc1c(OCc2ccccc2Sc2cccc(-c3nn[nH]n3)c2)ccc(C(C)=O)c1O. The third-order valence-corrected chi connectivity index (χ3v) is 6.25. The summed E-state index contributed by atoms with van der Waals surface area (Å²) in [6.07, 6.45) is 1.45. The van der Waals surface area contributed by atoms with Crippen LogP contribution in [0.4, 0.5) is 0 Å². The van der Waals surface area contributed by atoms with E-state index in [1.807, 2.05) is 55.5 Å². The number of tetrazole rings is 1. The molecule has 0 spiro atoms. The lowest BCUT2D eigenvalue weighted by Crippen LogP contribution is -2.03. The summed E-state index contributed by atoms with van der Waals surface area (Å²) >= 11 is 1.62. The number of carbonyl (C=O) groups is 1. The van der Waals surface area contributed by atoms with Gasteiger partial charge in [0.05, 0.1) is 5.56 Å². The highest BCUT2D eigenvalue weighted by Gasteiger charge is 2.16. The van der Waals surface area contributed by atoms with Crippen molar-refractivity contribution in [2.75, 3.05) is 0 Å². The van der Waals surface area contributed by atoms with E-state index in [4.69, 9.17) is 4.74 Å². The van der Waals surface area contributed by atoms with E-state index in [2.05, 4.69) is 20.6 Å². The lowest BCUT2D eigenvalue weighted by atomic mass is 10.0. The zero-order valence-electron chi connectivity index (χ0n) is 18.4. The van der Waals surface area contributed by atoms with Crippen LogP contribution >= 0.6 is 11.8 Å². The second-order valence-corrected chi connectivity index (χ2v) is 8.62. The minimum Gasteiger partial charge on any atom is -0.507 e. The van der Waals surface area contributed by atoms with E-state index in [1.165, 1.54) is 6.92 Å². The van der Waals surface area contributed by atoms with Crippen LogP contribution in [0.3, 0.4) is 0 Å². The summed E-state index contributed by atoms with van der Waals surface area (Å²) in [5, 5.41) is 24.8. The maximum atomic E-state index is 11.8. The van der Waals surface area contributed by atoms with Crippen molar-refractivity contribution in [2.24, 2.45) is 0 Å². The van der Waals surface area contributed by atoms with Crippen molar-refractivity contribution in [3.63, 3.8) is 0 Å². The van der Waals surface area contributed by atoms with E-state index in [-0.39, 0.29) is 11.5 Å². The molecule has 0 saturated carbocycles. The van der Waals surface area contributed by atoms with E-state index in [0.29, 0.717) is 35.7 Å². The van der Waals surface area contributed by atoms with Gasteiger partial charge in [-0.2, -0.15) is 5.21 Å². The number of aromatic nitrogens is 4. The van der Waals surface area contributed by atoms with Gasteiger partial charge in [-0.15, -0.1) is 10.2 Å². The first-order chi connectivity index (χ1) is 16.1. The Morgan fingerprint density at radius 2 is 1.97 bits per heavy atom. The molecule has 8 heteroatoms. The number of aromatic amines is 1. The van der Waals surface area contributed by atoms with Crippen molar-refractivity contribution in [1.82, 2.24) is 20.6 Å². The fourth-order valence-electron chi connectivity index (χ4n) is 3.52. The smallest absolute Gasteiger partial charge is 0.204 e. The highest BCUT2D eigenvalue weighted by molar-refractivity contribution is 7.99. The van der Waals surface area contributed by atoms with Crippen molar-refractivity contribution in [2.45, 2.75) is 43.1 Å². The number of ketones is 1. The van der Waals surface area contributed by atoms with E-state index < -0.39 is 0 Å². The van der Waals surface area contributed by atoms with Gasteiger partial charge in [0.15, 0.2) is 5.78 Å². The molecule has 0 aliphatic rings. The Bertz CT molecular complexity index is 1260. The second kappa shape index (κ2) is 10.3. The summed E-state index contributed by atoms with van der Waals surface area (Å²) in [7, 11) is 0. The monoisotopic (exact) mass is 460 g/mol. The molecule has 4 aromatic rings. The number of nitrogens with one attached hydrogen (secondary N) is 1. The number of rotatable bonds is 9. The van der Waals surface area contributed by atoms with Gasteiger partial charge in [-0.1, -0.05) is 55.4 Å². The molecule has 3 aromatic carbocycles. The van der Waals surface area contributed by atoms with Gasteiger partial charge in [0.2, 0.25) is 5.82 Å². The third kappa shape index (κ3) is 5.23. The number of benzene rings is 3. The van der Waals surface area contributed by atoms with Crippen LogP contribution in [0, 0.1) is 0 Å². The molecule has 4 rings (SSSR count). The maximum absolute atomic E-state index is 11.8. The van der Waals surface area contributed by atoms with Crippen molar-refractivity contribution >= 4 is 17.5 Å². The molecule has 168 valence electrons. The molecule has 1 heterocycles. The molecule has 0 saturated heterocycles. The second-order valence-electron chi connectivity index (χ2n) is 7.51. The normalized spacial score (nSPS) is 10.8. The van der Waals surface area contributed by atoms with Gasteiger partial charge < -0.3 is 9.84 Å². The van der Waals surface area contributed by atoms with Crippen LogP contribution in [0.1, 0.15) is 41.8 Å². The van der Waals surface area contributed by atoms with Crippen molar-refractivity contribution < 1.29 is 14.6 Å². The average molecular weight is 461 g/mol. The molecule has 2 N–H and O–H groups in total. The molecule has 0 atom stereocenters. The fraction of sp³-hybridized carbons (Fsp3) is 0.200. The average Bonchev–Trinajstić information content (AvgIpc) is 3.35. The molecule has 1 aromatic heterocycles. The number of nitrogens with zero attached hydrogens (tertiary/aromatic N) is 3. The van der Waals surface area contributed by atoms with Crippen LogP contribution in [-0.2, 0) is 13.0 Å². The molecule has 0 amide bonds. The van der Waals surface area contributed by atoms with Gasteiger partial charge in [-0.3, -0.25) is 4.79 Å². The van der Waals surface area contributed by atoms with Gasteiger partial charge in [0.1, 0.15) is 18.1 Å². The third-order valence-electron chi connectivity index (χ3n) is 5.14. The standard InChI is InChI=1S/C25H24N4O3S/c1-3-7-21-22(13-12-20(16(2)30)24(21)31)32-15-18-8-4-5-11-23(18)33-19-10-6-9-17(14-19)25-26-28-29-27-25/h4-6,8-14,31H,3,7,15H2,1-2H3,(H,26,27,28,29). The fourth-order valence-corrected chi connectivity index (χ4v) is 4.51. The van der Waals surface area contributed by atoms with Crippen LogP contribution < -0.4 is 4.74 Å².